The number of carbonyl (C=O) groups excluding carboxylic acids is 2. The smallest absolute Gasteiger partial charge is 0.270 e. The van der Waals surface area contributed by atoms with E-state index in [1.165, 1.54) is 10.6 Å². The van der Waals surface area contributed by atoms with Crippen LogP contribution in [0.4, 0.5) is 0 Å². The van der Waals surface area contributed by atoms with Gasteiger partial charge in [0.15, 0.2) is 0 Å². The molecule has 1 saturated carbocycles. The lowest BCUT2D eigenvalue weighted by atomic mass is 9.86. The highest BCUT2D eigenvalue weighted by atomic mass is 16.7. The molecule has 2 aliphatic heterocycles. The predicted molar refractivity (Wildman–Crippen MR) is 93.9 cm³/mol. The maximum absolute atomic E-state index is 12.7. The van der Waals surface area contributed by atoms with Crippen LogP contribution < -0.4 is 10.9 Å². The van der Waals surface area contributed by atoms with Crippen molar-refractivity contribution in [2.24, 2.45) is 12.2 Å². The van der Waals surface area contributed by atoms with Crippen molar-refractivity contribution in [2.75, 3.05) is 13.1 Å². The minimum absolute atomic E-state index is 0.137. The number of amides is 2. The van der Waals surface area contributed by atoms with Gasteiger partial charge in [-0.25, -0.2) is 0 Å². The van der Waals surface area contributed by atoms with Gasteiger partial charge < -0.3 is 19.6 Å². The first kappa shape index (κ1) is 16.8. The average molecular weight is 358 g/mol. The Morgan fingerprint density at radius 1 is 1.27 bits per heavy atom. The number of pyridine rings is 1. The topological polar surface area (TPSA) is 93.0 Å². The molecule has 1 spiro atoms. The van der Waals surface area contributed by atoms with Crippen molar-refractivity contribution in [2.45, 2.75) is 43.7 Å². The number of nitrogens with zero attached hydrogens (tertiary/aromatic N) is 3. The molecule has 4 rings (SSSR count). The lowest BCUT2D eigenvalue weighted by molar-refractivity contribution is -0.115. The van der Waals surface area contributed by atoms with E-state index in [1.807, 2.05) is 0 Å². The molecule has 2 fully saturated rings. The van der Waals surface area contributed by atoms with Crippen LogP contribution in [0.2, 0.25) is 0 Å². The number of piperidine rings is 1. The monoisotopic (exact) mass is 358 g/mol. The maximum atomic E-state index is 12.7. The molecule has 1 aromatic heterocycles. The minimum Gasteiger partial charge on any atom is -0.388 e. The van der Waals surface area contributed by atoms with Gasteiger partial charge in [0.2, 0.25) is 0 Å². The van der Waals surface area contributed by atoms with Crippen molar-refractivity contribution in [3.63, 3.8) is 0 Å². The molecule has 0 radical (unpaired) electrons. The van der Waals surface area contributed by atoms with Gasteiger partial charge >= 0.3 is 0 Å². The second kappa shape index (κ2) is 6.26. The number of nitrogens with one attached hydrogen (secondary N) is 1. The van der Waals surface area contributed by atoms with E-state index in [9.17, 15) is 14.4 Å². The molecule has 8 heteroatoms. The number of aromatic nitrogens is 1. The molecule has 3 aliphatic rings. The molecule has 0 atom stereocenters. The number of hydrogen-bond donors (Lipinski definition) is 1. The molecule has 1 aromatic rings. The summed E-state index contributed by atoms with van der Waals surface area (Å²) in [4.78, 5) is 43.9. The number of oxime groups is 1. The van der Waals surface area contributed by atoms with Crippen molar-refractivity contribution in [3.8, 4) is 0 Å². The van der Waals surface area contributed by atoms with Crippen molar-refractivity contribution in [3.05, 3.63) is 34.2 Å². The Balaban J connectivity index is 1.37. The Labute approximate surface area is 150 Å². The van der Waals surface area contributed by atoms with Gasteiger partial charge in [0.05, 0.1) is 0 Å². The Hall–Kier alpha value is -2.64. The van der Waals surface area contributed by atoms with Crippen LogP contribution in [0.15, 0.2) is 28.1 Å². The van der Waals surface area contributed by atoms with Gasteiger partial charge in [0, 0.05) is 51.5 Å². The summed E-state index contributed by atoms with van der Waals surface area (Å²) in [5.74, 6) is -0.298. The standard InChI is InChI=1S/C18H22N4O4/c1-21-14(3-2-4-15(21)23)17(25)22-9-7-18(8-10-22)11-13(20-26-18)16(24)19-12-5-6-12/h2-4,12H,5-11H2,1H3,(H,19,24). The van der Waals surface area contributed by atoms with E-state index < -0.39 is 5.60 Å². The summed E-state index contributed by atoms with van der Waals surface area (Å²) >= 11 is 0. The van der Waals surface area contributed by atoms with Crippen molar-refractivity contribution < 1.29 is 14.4 Å². The number of hydrogen-bond acceptors (Lipinski definition) is 5. The third-order valence-corrected chi connectivity index (χ3v) is 5.38. The maximum Gasteiger partial charge on any atom is 0.270 e. The van der Waals surface area contributed by atoms with Crippen LogP contribution in [-0.2, 0) is 16.7 Å². The van der Waals surface area contributed by atoms with E-state index in [-0.39, 0.29) is 17.4 Å². The van der Waals surface area contributed by atoms with Crippen LogP contribution in [0.25, 0.3) is 0 Å². The van der Waals surface area contributed by atoms with Gasteiger partial charge in [-0.05, 0) is 18.9 Å². The molecule has 0 unspecified atom stereocenters. The lowest BCUT2D eigenvalue weighted by Crippen LogP contribution is -2.48. The van der Waals surface area contributed by atoms with Crippen molar-refractivity contribution in [1.82, 2.24) is 14.8 Å². The van der Waals surface area contributed by atoms with Gasteiger partial charge in [0.1, 0.15) is 17.0 Å². The average Bonchev–Trinajstić information content (AvgIpc) is 3.36. The zero-order valence-corrected chi connectivity index (χ0v) is 14.7. The summed E-state index contributed by atoms with van der Waals surface area (Å²) in [5, 5.41) is 6.93. The second-order valence-corrected chi connectivity index (χ2v) is 7.34. The lowest BCUT2D eigenvalue weighted by Gasteiger charge is -2.37. The van der Waals surface area contributed by atoms with Gasteiger partial charge in [-0.15, -0.1) is 0 Å². The highest BCUT2D eigenvalue weighted by Gasteiger charge is 2.45. The summed E-state index contributed by atoms with van der Waals surface area (Å²) in [6.07, 6.45) is 3.78. The van der Waals surface area contributed by atoms with Crippen molar-refractivity contribution in [1.29, 1.82) is 0 Å². The van der Waals surface area contributed by atoms with Gasteiger partial charge in [-0.3, -0.25) is 14.4 Å². The summed E-state index contributed by atoms with van der Waals surface area (Å²) in [7, 11) is 1.60. The number of likely N-dealkylation sites (tertiary alicyclic amines) is 1. The molecule has 1 N–H and O–H groups in total. The Bertz CT molecular complexity index is 832. The van der Waals surface area contributed by atoms with E-state index in [0.29, 0.717) is 49.8 Å². The molecule has 1 aliphatic carbocycles. The Morgan fingerprint density at radius 2 is 2.00 bits per heavy atom. The highest BCUT2D eigenvalue weighted by molar-refractivity contribution is 6.39. The fourth-order valence-corrected chi connectivity index (χ4v) is 3.47. The van der Waals surface area contributed by atoms with Crippen LogP contribution in [0.1, 0.15) is 42.6 Å². The minimum atomic E-state index is -0.491. The van der Waals surface area contributed by atoms with E-state index in [0.717, 1.165) is 12.8 Å². The van der Waals surface area contributed by atoms with E-state index in [2.05, 4.69) is 10.5 Å². The van der Waals surface area contributed by atoms with Crippen molar-refractivity contribution >= 4 is 17.5 Å². The number of rotatable bonds is 3. The molecule has 2 amide bonds. The molecule has 3 heterocycles. The largest absolute Gasteiger partial charge is 0.388 e. The second-order valence-electron chi connectivity index (χ2n) is 7.34. The number of carbonyl (C=O) groups is 2. The first-order valence-corrected chi connectivity index (χ1v) is 8.99. The third-order valence-electron chi connectivity index (χ3n) is 5.38. The molecular formula is C18H22N4O4. The predicted octanol–water partition coefficient (Wildman–Crippen LogP) is 0.415. The quantitative estimate of drug-likeness (QED) is 0.847. The van der Waals surface area contributed by atoms with Gasteiger partial charge in [-0.1, -0.05) is 11.2 Å². The zero-order valence-electron chi connectivity index (χ0n) is 14.7. The molecule has 8 nitrogen and oxygen atoms in total. The molecule has 0 aromatic carbocycles. The van der Waals surface area contributed by atoms with E-state index in [4.69, 9.17) is 4.84 Å². The van der Waals surface area contributed by atoms with E-state index in [1.54, 1.807) is 24.1 Å². The SMILES string of the molecule is Cn1c(C(=O)N2CCC3(CC2)CC(C(=O)NC2CC2)=NO3)cccc1=O. The first-order valence-electron chi connectivity index (χ1n) is 8.99. The van der Waals surface area contributed by atoms with Crippen LogP contribution in [-0.4, -0.2) is 51.7 Å². The summed E-state index contributed by atoms with van der Waals surface area (Å²) in [6.45, 7) is 1.02. The van der Waals surface area contributed by atoms with Crippen LogP contribution in [0, 0.1) is 0 Å². The highest BCUT2D eigenvalue weighted by Crippen LogP contribution is 2.35. The normalized spacial score (nSPS) is 21.3. The Kier molecular flexibility index (Phi) is 4.05. The van der Waals surface area contributed by atoms with Gasteiger partial charge in [0.25, 0.3) is 17.4 Å². The molecule has 26 heavy (non-hydrogen) atoms. The first-order chi connectivity index (χ1) is 12.5. The van der Waals surface area contributed by atoms with Crippen LogP contribution >= 0.6 is 0 Å². The molecule has 1 saturated heterocycles. The summed E-state index contributed by atoms with van der Waals surface area (Å²) in [5.41, 5.74) is 0.127. The van der Waals surface area contributed by atoms with E-state index >= 15 is 0 Å². The van der Waals surface area contributed by atoms with Crippen LogP contribution in [0.3, 0.4) is 0 Å². The Morgan fingerprint density at radius 3 is 2.69 bits per heavy atom. The fourth-order valence-electron chi connectivity index (χ4n) is 3.47. The third kappa shape index (κ3) is 3.11. The van der Waals surface area contributed by atoms with Gasteiger partial charge in [-0.2, -0.15) is 0 Å². The summed E-state index contributed by atoms with van der Waals surface area (Å²) < 4.78 is 1.36. The molecule has 138 valence electrons. The zero-order chi connectivity index (χ0) is 18.3. The van der Waals surface area contributed by atoms with Crippen LogP contribution in [0.5, 0.6) is 0 Å². The molecular weight excluding hydrogens is 336 g/mol. The molecule has 0 bridgehead atoms. The summed E-state index contributed by atoms with van der Waals surface area (Å²) in [6, 6.07) is 4.97. The fraction of sp³-hybridized carbons (Fsp3) is 0.556.